The van der Waals surface area contributed by atoms with Crippen LogP contribution in [0.25, 0.3) is 0 Å². The minimum absolute atomic E-state index is 0.310. The molecule has 4 bridgehead atoms. The second-order valence-electron chi connectivity index (χ2n) is 7.05. The van der Waals surface area contributed by atoms with Crippen molar-refractivity contribution in [2.45, 2.75) is 63.6 Å². The van der Waals surface area contributed by atoms with Crippen LogP contribution in [0.3, 0.4) is 0 Å². The largest absolute Gasteiger partial charge is 0.486 e. The summed E-state index contributed by atoms with van der Waals surface area (Å²) in [4.78, 5) is 0. The summed E-state index contributed by atoms with van der Waals surface area (Å²) < 4.78 is 11.8. The molecule has 126 valence electrons. The summed E-state index contributed by atoms with van der Waals surface area (Å²) in [6, 6.07) is 17.1. The maximum Gasteiger partial charge on any atom is 0.124 e. The van der Waals surface area contributed by atoms with Crippen LogP contribution in [-0.2, 0) is 0 Å². The summed E-state index contributed by atoms with van der Waals surface area (Å²) in [5.74, 6) is 2.05. The van der Waals surface area contributed by atoms with Crippen molar-refractivity contribution in [1.82, 2.24) is 0 Å². The van der Waals surface area contributed by atoms with E-state index in [-0.39, 0.29) is 0 Å². The zero-order chi connectivity index (χ0) is 16.2. The van der Waals surface area contributed by atoms with E-state index in [2.05, 4.69) is 48.5 Å². The topological polar surface area (TPSA) is 18.5 Å². The van der Waals surface area contributed by atoms with E-state index in [1.807, 2.05) is 0 Å². The first kappa shape index (κ1) is 15.6. The lowest BCUT2D eigenvalue weighted by atomic mass is 9.98. The highest BCUT2D eigenvalue weighted by molar-refractivity contribution is 5.34. The van der Waals surface area contributed by atoms with Gasteiger partial charge in [-0.05, 0) is 61.1 Å². The van der Waals surface area contributed by atoms with Crippen molar-refractivity contribution in [3.63, 3.8) is 0 Å². The molecule has 0 saturated carbocycles. The standard InChI is InChI=1S/C22H26O2/c1(3-5-7-21-17-9-13-19(23-21)14-10-17)2-4-6-8-22-18-11-15-20(24-22)16-12-18/h9-16,21-22H,1-8H2. The van der Waals surface area contributed by atoms with Crippen LogP contribution in [0.1, 0.15) is 74.7 Å². The molecule has 2 unspecified atom stereocenters. The van der Waals surface area contributed by atoms with Gasteiger partial charge >= 0.3 is 0 Å². The van der Waals surface area contributed by atoms with E-state index in [4.69, 9.17) is 9.47 Å². The molecule has 24 heavy (non-hydrogen) atoms. The van der Waals surface area contributed by atoms with Crippen LogP contribution in [0.2, 0.25) is 0 Å². The van der Waals surface area contributed by atoms with Crippen LogP contribution in [0.5, 0.6) is 11.5 Å². The van der Waals surface area contributed by atoms with E-state index in [9.17, 15) is 0 Å². The minimum Gasteiger partial charge on any atom is -0.486 e. The first-order valence-electron chi connectivity index (χ1n) is 9.42. The summed E-state index contributed by atoms with van der Waals surface area (Å²) in [6.07, 6.45) is 10.8. The third-order valence-electron chi connectivity index (χ3n) is 5.24. The molecule has 0 saturated heterocycles. The van der Waals surface area contributed by atoms with E-state index in [1.54, 1.807) is 0 Å². The van der Waals surface area contributed by atoms with Gasteiger partial charge in [0.05, 0.1) is 0 Å². The summed E-state index contributed by atoms with van der Waals surface area (Å²) in [7, 11) is 0. The van der Waals surface area contributed by atoms with Crippen LogP contribution in [0, 0.1) is 0 Å². The summed E-state index contributed by atoms with van der Waals surface area (Å²) in [5.41, 5.74) is 2.68. The Balaban J connectivity index is 1.04. The Morgan fingerprint density at radius 3 is 1.21 bits per heavy atom. The number of hydrogen-bond acceptors (Lipinski definition) is 2. The van der Waals surface area contributed by atoms with Gasteiger partial charge in [0.15, 0.2) is 0 Å². The molecule has 2 nitrogen and oxygen atoms in total. The molecule has 0 spiro atoms. The molecule has 0 radical (unpaired) electrons. The number of unbranched alkanes of at least 4 members (excludes halogenated alkanes) is 5. The second-order valence-corrected chi connectivity index (χ2v) is 7.05. The molecule has 4 aliphatic rings. The first-order chi connectivity index (χ1) is 11.9. The van der Waals surface area contributed by atoms with Crippen LogP contribution in [0.4, 0.5) is 0 Å². The highest BCUT2D eigenvalue weighted by atomic mass is 16.5. The fourth-order valence-corrected chi connectivity index (χ4v) is 3.80. The smallest absolute Gasteiger partial charge is 0.124 e. The molecule has 2 heteroatoms. The monoisotopic (exact) mass is 322 g/mol. The van der Waals surface area contributed by atoms with Gasteiger partial charge in [0, 0.05) is 0 Å². The van der Waals surface area contributed by atoms with Gasteiger partial charge in [-0.15, -0.1) is 0 Å². The van der Waals surface area contributed by atoms with Gasteiger partial charge in [0.1, 0.15) is 23.7 Å². The van der Waals surface area contributed by atoms with Gasteiger partial charge in [0.25, 0.3) is 0 Å². The Bertz CT molecular complexity index is 585. The maximum absolute atomic E-state index is 5.90. The average molecular weight is 322 g/mol. The number of rotatable bonds is 9. The van der Waals surface area contributed by atoms with E-state index < -0.39 is 0 Å². The molecular formula is C22H26O2. The van der Waals surface area contributed by atoms with Gasteiger partial charge in [-0.25, -0.2) is 0 Å². The fraction of sp³-hybridized carbons (Fsp3) is 0.455. The molecular weight excluding hydrogens is 296 g/mol. The molecule has 0 amide bonds. The number of benzene rings is 2. The molecule has 6 rings (SSSR count). The zero-order valence-electron chi connectivity index (χ0n) is 14.2. The van der Waals surface area contributed by atoms with Crippen LogP contribution < -0.4 is 9.47 Å². The molecule has 2 atom stereocenters. The van der Waals surface area contributed by atoms with E-state index >= 15 is 0 Å². The molecule has 2 aromatic carbocycles. The SMILES string of the molecule is c1cc2ccc1OC2CCCCCCCCC1Oc2ccc1cc2. The van der Waals surface area contributed by atoms with Gasteiger partial charge in [-0.1, -0.05) is 49.9 Å². The summed E-state index contributed by atoms with van der Waals surface area (Å²) >= 11 is 0. The molecule has 4 aliphatic heterocycles. The number of ether oxygens (including phenoxy) is 2. The zero-order valence-corrected chi connectivity index (χ0v) is 14.2. The molecule has 4 heterocycles. The normalized spacial score (nSPS) is 20.0. The van der Waals surface area contributed by atoms with Crippen LogP contribution in [0.15, 0.2) is 48.5 Å². The molecule has 0 aromatic heterocycles. The van der Waals surface area contributed by atoms with Crippen molar-refractivity contribution >= 4 is 0 Å². The predicted molar refractivity (Wildman–Crippen MR) is 96.6 cm³/mol. The van der Waals surface area contributed by atoms with Gasteiger partial charge in [-0.3, -0.25) is 0 Å². The van der Waals surface area contributed by atoms with Crippen LogP contribution >= 0.6 is 0 Å². The fourth-order valence-electron chi connectivity index (χ4n) is 3.80. The van der Waals surface area contributed by atoms with Gasteiger partial charge in [-0.2, -0.15) is 0 Å². The van der Waals surface area contributed by atoms with Crippen molar-refractivity contribution < 1.29 is 9.47 Å². The lowest BCUT2D eigenvalue weighted by Gasteiger charge is -2.25. The van der Waals surface area contributed by atoms with Crippen molar-refractivity contribution in [3.8, 4) is 11.5 Å². The quantitative estimate of drug-likeness (QED) is 0.499. The molecule has 0 N–H and O–H groups in total. The highest BCUT2D eigenvalue weighted by Crippen LogP contribution is 2.34. The van der Waals surface area contributed by atoms with Crippen molar-refractivity contribution in [3.05, 3.63) is 59.7 Å². The minimum atomic E-state index is 0.310. The average Bonchev–Trinajstić information content (AvgIpc) is 2.66. The Morgan fingerprint density at radius 1 is 0.500 bits per heavy atom. The molecule has 0 aliphatic carbocycles. The Morgan fingerprint density at radius 2 is 0.875 bits per heavy atom. The third-order valence-corrected chi connectivity index (χ3v) is 5.24. The second kappa shape index (κ2) is 7.29. The number of fused-ring (bicyclic) bond motifs is 6. The lowest BCUT2D eigenvalue weighted by molar-refractivity contribution is 0.179. The first-order valence-corrected chi connectivity index (χ1v) is 9.42. The van der Waals surface area contributed by atoms with E-state index in [0.717, 1.165) is 24.3 Å². The van der Waals surface area contributed by atoms with Crippen molar-refractivity contribution in [2.75, 3.05) is 0 Å². The van der Waals surface area contributed by atoms with Crippen molar-refractivity contribution in [1.29, 1.82) is 0 Å². The molecule has 2 aromatic rings. The third kappa shape index (κ3) is 3.58. The Labute approximate surface area is 144 Å². The van der Waals surface area contributed by atoms with Gasteiger partial charge < -0.3 is 9.47 Å². The van der Waals surface area contributed by atoms with E-state index in [0.29, 0.717) is 12.2 Å². The molecule has 0 fully saturated rings. The maximum atomic E-state index is 5.90. The summed E-state index contributed by atoms with van der Waals surface area (Å²) in [6.45, 7) is 0. The van der Waals surface area contributed by atoms with Crippen molar-refractivity contribution in [2.24, 2.45) is 0 Å². The Hall–Kier alpha value is -1.96. The van der Waals surface area contributed by atoms with Crippen LogP contribution in [-0.4, -0.2) is 0 Å². The summed E-state index contributed by atoms with van der Waals surface area (Å²) in [5, 5.41) is 0. The predicted octanol–water partition coefficient (Wildman–Crippen LogP) is 6.37. The number of hydrogen-bond donors (Lipinski definition) is 0. The highest BCUT2D eigenvalue weighted by Gasteiger charge is 2.19. The lowest BCUT2D eigenvalue weighted by Crippen LogP contribution is -2.12. The Kier molecular flexibility index (Phi) is 4.73. The van der Waals surface area contributed by atoms with E-state index in [1.165, 1.54) is 49.7 Å². The van der Waals surface area contributed by atoms with Gasteiger partial charge in [0.2, 0.25) is 0 Å².